The minimum Gasteiger partial charge on any atom is -0.381 e. The van der Waals surface area contributed by atoms with E-state index in [-0.39, 0.29) is 11.4 Å². The number of nitrogens with zero attached hydrogens (tertiary/aromatic N) is 2. The monoisotopic (exact) mass is 492 g/mol. The van der Waals surface area contributed by atoms with Gasteiger partial charge in [-0.2, -0.15) is 5.10 Å². The molecule has 1 saturated carbocycles. The summed E-state index contributed by atoms with van der Waals surface area (Å²) in [5, 5.41) is 9.03. The van der Waals surface area contributed by atoms with Crippen molar-refractivity contribution in [1.82, 2.24) is 14.8 Å². The van der Waals surface area contributed by atoms with E-state index >= 15 is 0 Å². The maximum absolute atomic E-state index is 13.6. The second kappa shape index (κ2) is 10.1. The molecule has 0 unspecified atom stereocenters. The molecule has 0 aliphatic heterocycles. The van der Waals surface area contributed by atoms with E-state index in [1.807, 2.05) is 36.4 Å². The van der Waals surface area contributed by atoms with Gasteiger partial charge in [0.2, 0.25) is 0 Å². The van der Waals surface area contributed by atoms with Crippen molar-refractivity contribution in [1.29, 1.82) is 0 Å². The van der Waals surface area contributed by atoms with Crippen LogP contribution in [0.1, 0.15) is 49.1 Å². The summed E-state index contributed by atoms with van der Waals surface area (Å²) < 4.78 is 15.3. The normalized spacial score (nSPS) is 14.2. The third kappa shape index (κ3) is 4.79. The van der Waals surface area contributed by atoms with E-state index < -0.39 is 0 Å². The first kappa shape index (κ1) is 23.2. The standard InChI is InChI=1S/C31H29FN4O/c32-25-15-11-23(12-16-25)29-28-19-24(31(37)34-30(28)36(35-29)27-9-5-2-6-10-27)20-33-26-17-13-22(14-18-26)21-7-3-1-4-8-21/h2,5-6,9-19,21,33H,1,3-4,7-8,20H2,(H,34,37). The number of H-pyrrole nitrogens is 1. The van der Waals surface area contributed by atoms with Gasteiger partial charge in [0.25, 0.3) is 5.56 Å². The number of rotatable bonds is 6. The molecule has 1 aliphatic rings. The predicted molar refractivity (Wildman–Crippen MR) is 147 cm³/mol. The zero-order valence-electron chi connectivity index (χ0n) is 20.6. The summed E-state index contributed by atoms with van der Waals surface area (Å²) in [7, 11) is 0. The molecule has 3 aromatic carbocycles. The minimum absolute atomic E-state index is 0.165. The Kier molecular flexibility index (Phi) is 6.31. The van der Waals surface area contributed by atoms with Gasteiger partial charge in [0.1, 0.15) is 17.2 Å². The molecule has 6 rings (SSSR count). The van der Waals surface area contributed by atoms with E-state index in [0.29, 0.717) is 29.4 Å². The largest absolute Gasteiger partial charge is 0.381 e. The van der Waals surface area contributed by atoms with Gasteiger partial charge in [-0.15, -0.1) is 0 Å². The van der Waals surface area contributed by atoms with Gasteiger partial charge in [0, 0.05) is 28.7 Å². The molecule has 0 bridgehead atoms. The summed E-state index contributed by atoms with van der Waals surface area (Å²) in [5.74, 6) is 0.363. The van der Waals surface area contributed by atoms with E-state index in [4.69, 9.17) is 5.10 Å². The number of fused-ring (bicyclic) bond motifs is 1. The number of aromatic nitrogens is 3. The zero-order valence-corrected chi connectivity index (χ0v) is 20.6. The number of nitrogens with one attached hydrogen (secondary N) is 2. The van der Waals surface area contributed by atoms with Gasteiger partial charge in [0.05, 0.1) is 5.69 Å². The highest BCUT2D eigenvalue weighted by Gasteiger charge is 2.18. The molecule has 37 heavy (non-hydrogen) atoms. The Morgan fingerprint density at radius 1 is 0.919 bits per heavy atom. The van der Waals surface area contributed by atoms with E-state index in [0.717, 1.165) is 22.3 Å². The van der Waals surface area contributed by atoms with Gasteiger partial charge in [-0.1, -0.05) is 49.6 Å². The first-order valence-corrected chi connectivity index (χ1v) is 13.0. The molecule has 2 aromatic heterocycles. The van der Waals surface area contributed by atoms with Gasteiger partial charge in [0.15, 0.2) is 0 Å². The van der Waals surface area contributed by atoms with Crippen molar-refractivity contribution in [3.63, 3.8) is 0 Å². The van der Waals surface area contributed by atoms with Gasteiger partial charge < -0.3 is 10.3 Å². The highest BCUT2D eigenvalue weighted by Crippen LogP contribution is 2.33. The van der Waals surface area contributed by atoms with E-state index in [1.54, 1.807) is 16.8 Å². The van der Waals surface area contributed by atoms with Crippen LogP contribution < -0.4 is 10.9 Å². The fourth-order valence-electron chi connectivity index (χ4n) is 5.33. The SMILES string of the molecule is O=c1[nH]c2c(cc1CNc1ccc(C3CCCCC3)cc1)c(-c1ccc(F)cc1)nn2-c1ccccc1. The maximum Gasteiger partial charge on any atom is 0.254 e. The Morgan fingerprint density at radius 3 is 2.38 bits per heavy atom. The summed E-state index contributed by atoms with van der Waals surface area (Å²) in [6, 6.07) is 26.5. The number of anilines is 1. The van der Waals surface area contributed by atoms with Gasteiger partial charge in [-0.25, -0.2) is 9.07 Å². The van der Waals surface area contributed by atoms with Crippen molar-refractivity contribution >= 4 is 16.7 Å². The topological polar surface area (TPSA) is 62.7 Å². The van der Waals surface area contributed by atoms with Crippen LogP contribution in [0.3, 0.4) is 0 Å². The molecule has 1 fully saturated rings. The van der Waals surface area contributed by atoms with Crippen LogP contribution in [0, 0.1) is 5.82 Å². The second-order valence-corrected chi connectivity index (χ2v) is 9.80. The Bertz CT molecular complexity index is 1560. The van der Waals surface area contributed by atoms with Crippen molar-refractivity contribution in [2.24, 2.45) is 0 Å². The Morgan fingerprint density at radius 2 is 1.65 bits per heavy atom. The highest BCUT2D eigenvalue weighted by atomic mass is 19.1. The third-order valence-electron chi connectivity index (χ3n) is 7.35. The highest BCUT2D eigenvalue weighted by molar-refractivity contribution is 5.92. The average Bonchev–Trinajstić information content (AvgIpc) is 3.31. The molecule has 5 nitrogen and oxygen atoms in total. The summed E-state index contributed by atoms with van der Waals surface area (Å²) in [5.41, 5.74) is 5.75. The van der Waals surface area contributed by atoms with Crippen LogP contribution >= 0.6 is 0 Å². The van der Waals surface area contributed by atoms with E-state index in [2.05, 4.69) is 34.6 Å². The zero-order chi connectivity index (χ0) is 25.2. The fraction of sp³-hybridized carbons (Fsp3) is 0.226. The molecular weight excluding hydrogens is 463 g/mol. The lowest BCUT2D eigenvalue weighted by Gasteiger charge is -2.22. The van der Waals surface area contributed by atoms with Crippen LogP contribution in [0.4, 0.5) is 10.1 Å². The number of hydrogen-bond acceptors (Lipinski definition) is 3. The quantitative estimate of drug-likeness (QED) is 0.264. The number of pyridine rings is 1. The van der Waals surface area contributed by atoms with Crippen LogP contribution in [0.15, 0.2) is 89.7 Å². The molecule has 2 heterocycles. The summed E-state index contributed by atoms with van der Waals surface area (Å²) in [4.78, 5) is 16.1. The maximum atomic E-state index is 13.6. The second-order valence-electron chi connectivity index (χ2n) is 9.80. The molecule has 0 saturated heterocycles. The number of benzene rings is 3. The number of hydrogen-bond donors (Lipinski definition) is 2. The molecule has 2 N–H and O–H groups in total. The first-order chi connectivity index (χ1) is 18.2. The smallest absolute Gasteiger partial charge is 0.254 e. The number of halogens is 1. The molecule has 0 spiro atoms. The fourth-order valence-corrected chi connectivity index (χ4v) is 5.33. The van der Waals surface area contributed by atoms with Crippen molar-refractivity contribution in [3.05, 3.63) is 112 Å². The van der Waals surface area contributed by atoms with Crippen LogP contribution in [0.5, 0.6) is 0 Å². The number of aromatic amines is 1. The van der Waals surface area contributed by atoms with E-state index in [1.165, 1.54) is 49.8 Å². The Balaban J connectivity index is 1.33. The molecule has 186 valence electrons. The van der Waals surface area contributed by atoms with Crippen molar-refractivity contribution in [2.45, 2.75) is 44.6 Å². The molecular formula is C31H29FN4O. The average molecular weight is 493 g/mol. The lowest BCUT2D eigenvalue weighted by molar-refractivity contribution is 0.443. The molecule has 1 aliphatic carbocycles. The third-order valence-corrected chi connectivity index (χ3v) is 7.35. The van der Waals surface area contributed by atoms with Crippen molar-refractivity contribution in [2.75, 3.05) is 5.32 Å². The van der Waals surface area contributed by atoms with Crippen molar-refractivity contribution < 1.29 is 4.39 Å². The summed E-state index contributed by atoms with van der Waals surface area (Å²) >= 11 is 0. The molecule has 6 heteroatoms. The van der Waals surface area contributed by atoms with Crippen LogP contribution in [-0.2, 0) is 6.54 Å². The van der Waals surface area contributed by atoms with Gasteiger partial charge in [-0.05, 0) is 78.9 Å². The lowest BCUT2D eigenvalue weighted by Crippen LogP contribution is -2.16. The van der Waals surface area contributed by atoms with Crippen LogP contribution in [0.25, 0.3) is 28.0 Å². The lowest BCUT2D eigenvalue weighted by atomic mass is 9.84. The Labute approximate surface area is 215 Å². The molecule has 5 aromatic rings. The summed E-state index contributed by atoms with van der Waals surface area (Å²) in [6.07, 6.45) is 6.53. The van der Waals surface area contributed by atoms with E-state index in [9.17, 15) is 9.18 Å². The molecule has 0 amide bonds. The summed E-state index contributed by atoms with van der Waals surface area (Å²) in [6.45, 7) is 0.382. The van der Waals surface area contributed by atoms with Gasteiger partial charge in [-0.3, -0.25) is 4.79 Å². The minimum atomic E-state index is -0.302. The number of para-hydroxylation sites is 1. The molecule has 0 radical (unpaired) electrons. The predicted octanol–water partition coefficient (Wildman–Crippen LogP) is 7.18. The Hall–Kier alpha value is -4.19. The molecule has 0 atom stereocenters. The van der Waals surface area contributed by atoms with Crippen molar-refractivity contribution in [3.8, 4) is 16.9 Å². The first-order valence-electron chi connectivity index (χ1n) is 13.0. The van der Waals surface area contributed by atoms with Gasteiger partial charge >= 0.3 is 0 Å². The van der Waals surface area contributed by atoms with Crippen LogP contribution in [0.2, 0.25) is 0 Å². The van der Waals surface area contributed by atoms with Crippen LogP contribution in [-0.4, -0.2) is 14.8 Å².